The van der Waals surface area contributed by atoms with Gasteiger partial charge in [0.2, 0.25) is 5.91 Å². The Hall–Kier alpha value is -2.63. The first kappa shape index (κ1) is 22.1. The van der Waals surface area contributed by atoms with Crippen LogP contribution in [0.4, 0.5) is 11.4 Å². The zero-order valence-corrected chi connectivity index (χ0v) is 18.6. The van der Waals surface area contributed by atoms with Crippen molar-refractivity contribution in [2.24, 2.45) is 0 Å². The van der Waals surface area contributed by atoms with Gasteiger partial charge in [0.1, 0.15) is 5.75 Å². The van der Waals surface area contributed by atoms with Crippen LogP contribution in [0, 0.1) is 10.1 Å². The molecule has 1 amide bonds. The van der Waals surface area contributed by atoms with Gasteiger partial charge in [0.05, 0.1) is 17.3 Å². The van der Waals surface area contributed by atoms with E-state index in [-0.39, 0.29) is 11.6 Å². The Labute approximate surface area is 185 Å². The van der Waals surface area contributed by atoms with Crippen LogP contribution in [0.3, 0.4) is 0 Å². The molecule has 0 aliphatic carbocycles. The van der Waals surface area contributed by atoms with Crippen molar-refractivity contribution in [3.63, 3.8) is 0 Å². The highest BCUT2D eigenvalue weighted by Gasteiger charge is 2.18. The molecule has 3 aromatic rings. The Morgan fingerprint density at radius 2 is 1.83 bits per heavy atom. The maximum Gasteiger partial charge on any atom is 0.269 e. The number of nitrogens with zero attached hydrogens (tertiary/aromatic N) is 3. The van der Waals surface area contributed by atoms with Crippen molar-refractivity contribution >= 4 is 52.1 Å². The van der Waals surface area contributed by atoms with Crippen LogP contribution in [0.1, 0.15) is 12.5 Å². The number of aromatic nitrogens is 2. The molecule has 1 atom stereocenters. The van der Waals surface area contributed by atoms with E-state index in [2.05, 4.69) is 15.5 Å². The Morgan fingerprint density at radius 1 is 1.17 bits per heavy atom. The Balaban J connectivity index is 1.50. The number of ether oxygens (including phenoxy) is 1. The predicted octanol–water partition coefficient (Wildman–Crippen LogP) is 4.87. The average Bonchev–Trinajstić information content (AvgIpc) is 3.20. The highest BCUT2D eigenvalue weighted by Crippen LogP contribution is 2.33. The van der Waals surface area contributed by atoms with Crippen molar-refractivity contribution in [2.75, 3.05) is 12.4 Å². The highest BCUT2D eigenvalue weighted by atomic mass is 32.2. The third-order valence-corrected chi connectivity index (χ3v) is 7.21. The molecule has 0 saturated heterocycles. The van der Waals surface area contributed by atoms with Gasteiger partial charge in [0, 0.05) is 23.6 Å². The van der Waals surface area contributed by atoms with Crippen molar-refractivity contribution in [1.29, 1.82) is 0 Å². The van der Waals surface area contributed by atoms with Gasteiger partial charge >= 0.3 is 0 Å². The number of anilines is 1. The van der Waals surface area contributed by atoms with E-state index >= 15 is 0 Å². The number of non-ortho nitro benzene ring substituents is 1. The van der Waals surface area contributed by atoms with Gasteiger partial charge in [-0.25, -0.2) is 0 Å². The zero-order chi connectivity index (χ0) is 21.5. The van der Waals surface area contributed by atoms with Crippen LogP contribution < -0.4 is 10.1 Å². The monoisotopic (exact) mass is 462 g/mol. The number of nitro groups is 1. The molecular formula is C19H18N4O4S3. The molecule has 0 spiro atoms. The van der Waals surface area contributed by atoms with E-state index in [1.807, 2.05) is 24.3 Å². The number of nitrogens with one attached hydrogen (secondary N) is 1. The van der Waals surface area contributed by atoms with Crippen LogP contribution in [0.15, 0.2) is 57.2 Å². The van der Waals surface area contributed by atoms with Crippen LogP contribution in [-0.4, -0.2) is 33.4 Å². The van der Waals surface area contributed by atoms with Crippen molar-refractivity contribution in [2.45, 2.75) is 26.6 Å². The molecule has 0 fully saturated rings. The van der Waals surface area contributed by atoms with E-state index in [0.29, 0.717) is 10.0 Å². The fraction of sp³-hybridized carbons (Fsp3) is 0.211. The first-order chi connectivity index (χ1) is 14.4. The molecule has 156 valence electrons. The summed E-state index contributed by atoms with van der Waals surface area (Å²) < 4.78 is 6.69. The minimum Gasteiger partial charge on any atom is -0.497 e. The summed E-state index contributed by atoms with van der Waals surface area (Å²) in [5.41, 5.74) is 1.64. The maximum atomic E-state index is 12.4. The molecule has 30 heavy (non-hydrogen) atoms. The minimum absolute atomic E-state index is 0.0241. The lowest BCUT2D eigenvalue weighted by molar-refractivity contribution is -0.384. The van der Waals surface area contributed by atoms with Gasteiger partial charge in [-0.3, -0.25) is 14.9 Å². The van der Waals surface area contributed by atoms with Gasteiger partial charge in [0.25, 0.3) is 5.69 Å². The van der Waals surface area contributed by atoms with Gasteiger partial charge in [-0.2, -0.15) is 0 Å². The van der Waals surface area contributed by atoms with Crippen LogP contribution >= 0.6 is 34.9 Å². The third-order valence-electron chi connectivity index (χ3n) is 3.90. The van der Waals surface area contributed by atoms with Gasteiger partial charge in [0.15, 0.2) is 8.68 Å². The molecule has 1 aromatic heterocycles. The average molecular weight is 463 g/mol. The summed E-state index contributed by atoms with van der Waals surface area (Å²) in [5.74, 6) is 1.37. The topological polar surface area (TPSA) is 107 Å². The number of hydrogen-bond acceptors (Lipinski definition) is 9. The highest BCUT2D eigenvalue weighted by molar-refractivity contribution is 8.03. The quantitative estimate of drug-likeness (QED) is 0.273. The van der Waals surface area contributed by atoms with E-state index in [1.54, 1.807) is 25.8 Å². The van der Waals surface area contributed by atoms with Crippen LogP contribution in [0.2, 0.25) is 0 Å². The molecular weight excluding hydrogens is 444 g/mol. The predicted molar refractivity (Wildman–Crippen MR) is 120 cm³/mol. The third kappa shape index (κ3) is 6.18. The molecule has 1 N–H and O–H groups in total. The summed E-state index contributed by atoms with van der Waals surface area (Å²) in [6, 6.07) is 13.6. The first-order valence-corrected chi connectivity index (χ1v) is 11.4. The number of carbonyl (C=O) groups excluding carboxylic acids is 1. The SMILES string of the molecule is COc1ccc(CSc2nnc(SC(C)C(=O)Nc3ccc([N+](=O)[O-])cc3)s2)cc1. The summed E-state index contributed by atoms with van der Waals surface area (Å²) in [6.45, 7) is 1.77. The lowest BCUT2D eigenvalue weighted by atomic mass is 10.2. The van der Waals surface area contributed by atoms with Crippen LogP contribution in [0.5, 0.6) is 5.75 Å². The summed E-state index contributed by atoms with van der Waals surface area (Å²) in [4.78, 5) is 22.6. The van der Waals surface area contributed by atoms with Crippen LogP contribution in [-0.2, 0) is 10.5 Å². The van der Waals surface area contributed by atoms with Crippen molar-refractivity contribution in [3.8, 4) is 5.75 Å². The second-order valence-electron chi connectivity index (χ2n) is 6.02. The standard InChI is InChI=1S/C19H18N4O4S3/c1-12(17(24)20-14-5-7-15(8-6-14)23(25)26)29-19-22-21-18(30-19)28-11-13-3-9-16(27-2)10-4-13/h3-10,12H,11H2,1-2H3,(H,20,24). The Kier molecular flexibility index (Phi) is 7.66. The fourth-order valence-electron chi connectivity index (χ4n) is 2.29. The van der Waals surface area contributed by atoms with E-state index < -0.39 is 10.2 Å². The zero-order valence-electron chi connectivity index (χ0n) is 16.1. The molecule has 0 aliphatic rings. The fourth-order valence-corrected chi connectivity index (χ4v) is 5.41. The van der Waals surface area contributed by atoms with Gasteiger partial charge in [-0.05, 0) is 36.8 Å². The van der Waals surface area contributed by atoms with Crippen molar-refractivity contribution in [3.05, 3.63) is 64.2 Å². The number of methoxy groups -OCH3 is 1. The largest absolute Gasteiger partial charge is 0.497 e. The molecule has 2 aromatic carbocycles. The van der Waals surface area contributed by atoms with E-state index in [4.69, 9.17) is 4.74 Å². The van der Waals surface area contributed by atoms with Gasteiger partial charge < -0.3 is 10.1 Å². The molecule has 0 saturated carbocycles. The number of carbonyl (C=O) groups is 1. The minimum atomic E-state index is -0.482. The smallest absolute Gasteiger partial charge is 0.269 e. The number of hydrogen-bond donors (Lipinski definition) is 1. The first-order valence-electron chi connectivity index (χ1n) is 8.76. The number of thioether (sulfide) groups is 2. The lowest BCUT2D eigenvalue weighted by Gasteiger charge is -2.10. The van der Waals surface area contributed by atoms with E-state index in [9.17, 15) is 14.9 Å². The van der Waals surface area contributed by atoms with Gasteiger partial charge in [-0.15, -0.1) is 10.2 Å². The second-order valence-corrected chi connectivity index (χ2v) is 9.81. The number of rotatable bonds is 9. The maximum absolute atomic E-state index is 12.4. The van der Waals surface area contributed by atoms with Crippen LogP contribution in [0.25, 0.3) is 0 Å². The van der Waals surface area contributed by atoms with E-state index in [0.717, 1.165) is 21.4 Å². The molecule has 1 unspecified atom stereocenters. The lowest BCUT2D eigenvalue weighted by Crippen LogP contribution is -2.22. The summed E-state index contributed by atoms with van der Waals surface area (Å²) >= 11 is 4.35. The second kappa shape index (κ2) is 10.4. The number of nitro benzene ring substituents is 1. The normalized spacial score (nSPS) is 11.7. The molecule has 0 radical (unpaired) electrons. The summed E-state index contributed by atoms with van der Waals surface area (Å²) in [7, 11) is 1.64. The summed E-state index contributed by atoms with van der Waals surface area (Å²) in [6.07, 6.45) is 0. The Morgan fingerprint density at radius 3 is 2.47 bits per heavy atom. The van der Waals surface area contributed by atoms with Crippen molar-refractivity contribution < 1.29 is 14.5 Å². The summed E-state index contributed by atoms with van der Waals surface area (Å²) in [5, 5.41) is 21.4. The Bertz CT molecular complexity index is 1010. The molecule has 0 aliphatic heterocycles. The van der Waals surface area contributed by atoms with Gasteiger partial charge in [-0.1, -0.05) is 47.0 Å². The van der Waals surface area contributed by atoms with Crippen molar-refractivity contribution in [1.82, 2.24) is 10.2 Å². The number of amides is 1. The number of benzene rings is 2. The molecule has 1 heterocycles. The molecule has 3 rings (SSSR count). The molecule has 11 heteroatoms. The molecule has 8 nitrogen and oxygen atoms in total. The van der Waals surface area contributed by atoms with E-state index in [1.165, 1.54) is 47.4 Å². The molecule has 0 bridgehead atoms.